The van der Waals surface area contributed by atoms with Crippen molar-refractivity contribution in [2.24, 2.45) is 0 Å². The van der Waals surface area contributed by atoms with Gasteiger partial charge in [-0.2, -0.15) is 0 Å². The van der Waals surface area contributed by atoms with Crippen molar-refractivity contribution in [2.75, 3.05) is 7.11 Å². The molecule has 28 heavy (non-hydrogen) atoms. The fourth-order valence-electron chi connectivity index (χ4n) is 3.07. The van der Waals surface area contributed by atoms with E-state index in [0.717, 1.165) is 26.6 Å². The molecule has 140 valence electrons. The first-order chi connectivity index (χ1) is 13.6. The van der Waals surface area contributed by atoms with Crippen LogP contribution in [-0.2, 0) is 6.54 Å². The average Bonchev–Trinajstić information content (AvgIpc) is 3.20. The molecule has 4 rings (SSSR count). The zero-order valence-corrected chi connectivity index (χ0v) is 16.8. The summed E-state index contributed by atoms with van der Waals surface area (Å²) in [7, 11) is 1.57. The van der Waals surface area contributed by atoms with E-state index in [-0.39, 0.29) is 5.91 Å². The summed E-state index contributed by atoms with van der Waals surface area (Å²) in [6, 6.07) is 23.3. The third-order valence-corrected chi connectivity index (χ3v) is 5.05. The van der Waals surface area contributed by atoms with Gasteiger partial charge in [-0.05, 0) is 47.2 Å². The van der Waals surface area contributed by atoms with E-state index < -0.39 is 0 Å². The van der Waals surface area contributed by atoms with Gasteiger partial charge in [0, 0.05) is 10.0 Å². The Bertz CT molecular complexity index is 1130. The molecule has 0 fully saturated rings. The zero-order chi connectivity index (χ0) is 19.5. The highest BCUT2D eigenvalue weighted by Gasteiger charge is 2.14. The summed E-state index contributed by atoms with van der Waals surface area (Å²) in [5.41, 5.74) is 1.48. The van der Waals surface area contributed by atoms with Gasteiger partial charge in [0.1, 0.15) is 17.3 Å². The monoisotopic (exact) mass is 435 g/mol. The molecular formula is C23H18BrNO3. The van der Waals surface area contributed by atoms with Crippen molar-refractivity contribution in [2.45, 2.75) is 6.54 Å². The first-order valence-corrected chi connectivity index (χ1v) is 9.63. The highest BCUT2D eigenvalue weighted by Crippen LogP contribution is 2.27. The number of carbonyl (C=O) groups excluding carboxylic acids is 1. The molecule has 1 amide bonds. The van der Waals surface area contributed by atoms with Crippen LogP contribution >= 0.6 is 15.9 Å². The molecule has 0 saturated heterocycles. The van der Waals surface area contributed by atoms with Crippen LogP contribution in [0.1, 0.15) is 16.1 Å². The van der Waals surface area contributed by atoms with E-state index in [1.54, 1.807) is 7.11 Å². The Morgan fingerprint density at radius 2 is 1.71 bits per heavy atom. The first-order valence-electron chi connectivity index (χ1n) is 8.83. The van der Waals surface area contributed by atoms with E-state index in [0.29, 0.717) is 23.6 Å². The summed E-state index contributed by atoms with van der Waals surface area (Å²) in [6.07, 6.45) is 0. The van der Waals surface area contributed by atoms with Crippen LogP contribution in [-0.4, -0.2) is 13.0 Å². The summed E-state index contributed by atoms with van der Waals surface area (Å²) in [5, 5.41) is 4.93. The minimum absolute atomic E-state index is 0.204. The van der Waals surface area contributed by atoms with Gasteiger partial charge in [-0.3, -0.25) is 4.79 Å². The van der Waals surface area contributed by atoms with E-state index in [1.165, 1.54) is 0 Å². The molecule has 4 aromatic rings. The molecule has 4 nitrogen and oxygen atoms in total. The van der Waals surface area contributed by atoms with Gasteiger partial charge in [0.05, 0.1) is 19.2 Å². The third kappa shape index (κ3) is 3.80. The molecule has 0 saturated carbocycles. The Labute approximate surface area is 171 Å². The molecule has 1 N–H and O–H groups in total. The van der Waals surface area contributed by atoms with Crippen molar-refractivity contribution in [3.8, 4) is 17.1 Å². The smallest absolute Gasteiger partial charge is 0.255 e. The number of carbonyl (C=O) groups is 1. The van der Waals surface area contributed by atoms with Crippen molar-refractivity contribution in [3.05, 3.63) is 88.6 Å². The maximum atomic E-state index is 12.7. The normalized spacial score (nSPS) is 10.8. The number of amides is 1. The van der Waals surface area contributed by atoms with Crippen LogP contribution in [0.4, 0.5) is 0 Å². The molecule has 0 unspecified atom stereocenters. The fraction of sp³-hybridized carbons (Fsp3) is 0.0870. The number of hydrogen-bond acceptors (Lipinski definition) is 3. The lowest BCUT2D eigenvalue weighted by molar-refractivity contribution is 0.0945. The molecule has 0 spiro atoms. The summed E-state index contributed by atoms with van der Waals surface area (Å²) in [6.45, 7) is 0.297. The van der Waals surface area contributed by atoms with Crippen molar-refractivity contribution in [1.82, 2.24) is 5.32 Å². The van der Waals surface area contributed by atoms with Gasteiger partial charge < -0.3 is 14.5 Å². The van der Waals surface area contributed by atoms with E-state index in [4.69, 9.17) is 9.15 Å². The Kier molecular flexibility index (Phi) is 5.17. The molecule has 0 atom stereocenters. The van der Waals surface area contributed by atoms with E-state index in [9.17, 15) is 4.79 Å². The van der Waals surface area contributed by atoms with Crippen molar-refractivity contribution < 1.29 is 13.9 Å². The lowest BCUT2D eigenvalue weighted by Gasteiger charge is -2.10. The molecule has 0 aliphatic heterocycles. The molecule has 1 heterocycles. The van der Waals surface area contributed by atoms with Crippen molar-refractivity contribution in [1.29, 1.82) is 0 Å². The Morgan fingerprint density at radius 1 is 1.00 bits per heavy atom. The maximum Gasteiger partial charge on any atom is 0.255 e. The quantitative estimate of drug-likeness (QED) is 0.430. The number of fused-ring (bicyclic) bond motifs is 1. The number of methoxy groups -OCH3 is 1. The Hall–Kier alpha value is -3.05. The molecule has 0 aliphatic carbocycles. The second-order valence-corrected chi connectivity index (χ2v) is 7.27. The summed E-state index contributed by atoms with van der Waals surface area (Å²) in [5.74, 6) is 1.79. The molecule has 1 aromatic heterocycles. The lowest BCUT2D eigenvalue weighted by atomic mass is 10.1. The van der Waals surface area contributed by atoms with Gasteiger partial charge >= 0.3 is 0 Å². The third-order valence-electron chi connectivity index (χ3n) is 4.53. The Morgan fingerprint density at radius 3 is 2.43 bits per heavy atom. The minimum Gasteiger partial charge on any atom is -0.496 e. The Balaban J connectivity index is 1.50. The summed E-state index contributed by atoms with van der Waals surface area (Å²) in [4.78, 5) is 12.7. The first kappa shape index (κ1) is 18.3. The van der Waals surface area contributed by atoms with Crippen molar-refractivity contribution >= 4 is 32.6 Å². The van der Waals surface area contributed by atoms with Crippen LogP contribution in [0, 0.1) is 0 Å². The number of halogens is 1. The zero-order valence-electron chi connectivity index (χ0n) is 15.2. The van der Waals surface area contributed by atoms with Crippen LogP contribution in [0.3, 0.4) is 0 Å². The fourth-order valence-corrected chi connectivity index (χ4v) is 3.33. The van der Waals surface area contributed by atoms with E-state index in [2.05, 4.69) is 21.2 Å². The predicted molar refractivity (Wildman–Crippen MR) is 114 cm³/mol. The SMILES string of the molecule is COc1cc2ccccc2cc1C(=O)NCc1ccc(-c2ccc(Br)cc2)o1. The van der Waals surface area contributed by atoms with Crippen LogP contribution in [0.5, 0.6) is 5.75 Å². The van der Waals surface area contributed by atoms with E-state index in [1.807, 2.05) is 72.8 Å². The number of benzene rings is 3. The van der Waals surface area contributed by atoms with Crippen LogP contribution < -0.4 is 10.1 Å². The maximum absolute atomic E-state index is 12.7. The number of hydrogen-bond donors (Lipinski definition) is 1. The summed E-state index contributed by atoms with van der Waals surface area (Å²) < 4.78 is 12.3. The molecule has 0 radical (unpaired) electrons. The lowest BCUT2D eigenvalue weighted by Crippen LogP contribution is -2.23. The van der Waals surface area contributed by atoms with Crippen LogP contribution in [0.2, 0.25) is 0 Å². The largest absolute Gasteiger partial charge is 0.496 e. The molecule has 0 aliphatic rings. The van der Waals surface area contributed by atoms with Gasteiger partial charge in [0.15, 0.2) is 0 Å². The van der Waals surface area contributed by atoms with Gasteiger partial charge in [-0.15, -0.1) is 0 Å². The average molecular weight is 436 g/mol. The van der Waals surface area contributed by atoms with Gasteiger partial charge in [-0.25, -0.2) is 0 Å². The molecule has 3 aromatic carbocycles. The minimum atomic E-state index is -0.204. The predicted octanol–water partition coefficient (Wildman–Crippen LogP) is 5.80. The number of rotatable bonds is 5. The second kappa shape index (κ2) is 7.90. The molecule has 0 bridgehead atoms. The van der Waals surface area contributed by atoms with Gasteiger partial charge in [-0.1, -0.05) is 52.3 Å². The number of nitrogens with one attached hydrogen (secondary N) is 1. The molecular weight excluding hydrogens is 418 g/mol. The number of ether oxygens (including phenoxy) is 1. The molecule has 5 heteroatoms. The van der Waals surface area contributed by atoms with Crippen LogP contribution in [0.25, 0.3) is 22.1 Å². The van der Waals surface area contributed by atoms with Gasteiger partial charge in [0.25, 0.3) is 5.91 Å². The van der Waals surface area contributed by atoms with Crippen molar-refractivity contribution in [3.63, 3.8) is 0 Å². The highest BCUT2D eigenvalue weighted by atomic mass is 79.9. The van der Waals surface area contributed by atoms with E-state index >= 15 is 0 Å². The second-order valence-electron chi connectivity index (χ2n) is 6.36. The number of furan rings is 1. The highest BCUT2D eigenvalue weighted by molar-refractivity contribution is 9.10. The van der Waals surface area contributed by atoms with Crippen LogP contribution in [0.15, 0.2) is 81.7 Å². The summed E-state index contributed by atoms with van der Waals surface area (Å²) >= 11 is 3.42. The standard InChI is InChI=1S/C23H18BrNO3/c1-27-22-13-17-5-3-2-4-16(17)12-20(22)23(26)25-14-19-10-11-21(28-19)15-6-8-18(24)9-7-15/h2-13H,14H2,1H3,(H,25,26). The van der Waals surface area contributed by atoms with Gasteiger partial charge in [0.2, 0.25) is 0 Å². The topological polar surface area (TPSA) is 51.5 Å².